The Labute approximate surface area is 88.9 Å². The van der Waals surface area contributed by atoms with E-state index in [4.69, 9.17) is 0 Å². The molecule has 0 radical (unpaired) electrons. The van der Waals surface area contributed by atoms with E-state index in [0.717, 1.165) is 18.4 Å². The molecule has 0 unspecified atom stereocenters. The molecule has 14 heavy (non-hydrogen) atoms. The number of thioether (sulfide) groups is 1. The van der Waals surface area contributed by atoms with E-state index in [1.165, 1.54) is 10.5 Å². The maximum atomic E-state index is 11.8. The number of carbonyl (C=O) groups is 1. The Kier molecular flexibility index (Phi) is 2.64. The van der Waals surface area contributed by atoms with Crippen LogP contribution >= 0.6 is 11.8 Å². The van der Waals surface area contributed by atoms with Crippen molar-refractivity contribution in [1.29, 1.82) is 0 Å². The molecule has 1 saturated carbocycles. The zero-order valence-corrected chi connectivity index (χ0v) is 9.36. The third kappa shape index (κ3) is 2.01. The van der Waals surface area contributed by atoms with E-state index >= 15 is 0 Å². The van der Waals surface area contributed by atoms with Crippen molar-refractivity contribution in [2.45, 2.75) is 24.7 Å². The largest absolute Gasteiger partial charge is 0.294 e. The third-order valence-corrected chi connectivity index (χ3v) is 3.23. The number of benzene rings is 1. The van der Waals surface area contributed by atoms with Crippen molar-refractivity contribution in [2.24, 2.45) is 5.92 Å². The molecule has 0 amide bonds. The van der Waals surface area contributed by atoms with Gasteiger partial charge in [0.25, 0.3) is 0 Å². The highest BCUT2D eigenvalue weighted by Gasteiger charge is 2.30. The fourth-order valence-electron chi connectivity index (χ4n) is 1.59. The fourth-order valence-corrected chi connectivity index (χ4v) is 2.14. The van der Waals surface area contributed by atoms with Crippen LogP contribution in [0.25, 0.3) is 0 Å². The van der Waals surface area contributed by atoms with Gasteiger partial charge in [0.1, 0.15) is 0 Å². The Morgan fingerprint density at radius 1 is 1.36 bits per heavy atom. The summed E-state index contributed by atoms with van der Waals surface area (Å²) in [6, 6.07) is 6.13. The van der Waals surface area contributed by atoms with Crippen molar-refractivity contribution in [1.82, 2.24) is 0 Å². The highest BCUT2D eigenvalue weighted by Crippen LogP contribution is 2.33. The molecule has 0 atom stereocenters. The molecule has 1 nitrogen and oxygen atoms in total. The highest BCUT2D eigenvalue weighted by atomic mass is 32.2. The van der Waals surface area contributed by atoms with Crippen LogP contribution in [0.15, 0.2) is 23.1 Å². The average Bonchev–Trinajstić information content (AvgIpc) is 2.99. The van der Waals surface area contributed by atoms with Gasteiger partial charge in [-0.1, -0.05) is 0 Å². The Morgan fingerprint density at radius 2 is 2.07 bits per heavy atom. The Hall–Kier alpha value is -0.760. The number of carbonyl (C=O) groups excluding carboxylic acids is 1. The molecule has 0 saturated heterocycles. The molecule has 0 bridgehead atoms. The molecule has 2 heteroatoms. The van der Waals surface area contributed by atoms with E-state index in [1.807, 2.05) is 25.3 Å². The van der Waals surface area contributed by atoms with Gasteiger partial charge in [0.2, 0.25) is 0 Å². The quantitative estimate of drug-likeness (QED) is 0.557. The normalized spacial score (nSPS) is 15.6. The minimum absolute atomic E-state index is 0.325. The van der Waals surface area contributed by atoms with Crippen molar-refractivity contribution in [2.75, 3.05) is 6.26 Å². The zero-order chi connectivity index (χ0) is 10.1. The van der Waals surface area contributed by atoms with Gasteiger partial charge >= 0.3 is 0 Å². The molecule has 2 rings (SSSR count). The molecule has 1 aromatic rings. The summed E-state index contributed by atoms with van der Waals surface area (Å²) < 4.78 is 0. The summed E-state index contributed by atoms with van der Waals surface area (Å²) in [6.07, 6.45) is 4.21. The summed E-state index contributed by atoms with van der Waals surface area (Å²) in [4.78, 5) is 13.0. The van der Waals surface area contributed by atoms with Crippen molar-refractivity contribution in [3.8, 4) is 0 Å². The minimum atomic E-state index is 0.325. The lowest BCUT2D eigenvalue weighted by Gasteiger charge is -2.04. The maximum Gasteiger partial charge on any atom is 0.165 e. The lowest BCUT2D eigenvalue weighted by atomic mass is 10.1. The van der Waals surface area contributed by atoms with Crippen LogP contribution in [0.4, 0.5) is 0 Å². The van der Waals surface area contributed by atoms with E-state index in [9.17, 15) is 4.79 Å². The first-order valence-electron chi connectivity index (χ1n) is 4.90. The van der Waals surface area contributed by atoms with Crippen molar-refractivity contribution in [3.63, 3.8) is 0 Å². The van der Waals surface area contributed by atoms with Crippen LogP contribution in [0.3, 0.4) is 0 Å². The lowest BCUT2D eigenvalue weighted by Crippen LogP contribution is -2.01. The first kappa shape index (κ1) is 9.78. The Bertz CT molecular complexity index is 367. The number of aryl methyl sites for hydroxylation is 1. The standard InChI is InChI=1S/C12H14OS/c1-8-5-10(7-11(6-8)14-2)12(13)9-3-4-9/h5-7,9H,3-4H2,1-2H3. The molecule has 0 N–H and O–H groups in total. The summed E-state index contributed by atoms with van der Waals surface area (Å²) in [6.45, 7) is 2.05. The molecular weight excluding hydrogens is 192 g/mol. The molecule has 1 aliphatic rings. The number of rotatable bonds is 3. The molecule has 0 spiro atoms. The molecule has 0 aromatic heterocycles. The van der Waals surface area contributed by atoms with Crippen molar-refractivity contribution in [3.05, 3.63) is 29.3 Å². The van der Waals surface area contributed by atoms with Crippen LogP contribution in [0, 0.1) is 12.8 Å². The highest BCUT2D eigenvalue weighted by molar-refractivity contribution is 7.98. The van der Waals surface area contributed by atoms with E-state index in [0.29, 0.717) is 11.7 Å². The van der Waals surface area contributed by atoms with Gasteiger partial charge < -0.3 is 0 Å². The van der Waals surface area contributed by atoms with Crippen LogP contribution in [-0.2, 0) is 0 Å². The summed E-state index contributed by atoms with van der Waals surface area (Å²) >= 11 is 1.69. The van der Waals surface area contributed by atoms with Gasteiger partial charge in [-0.2, -0.15) is 0 Å². The molecule has 1 aromatic carbocycles. The summed E-state index contributed by atoms with van der Waals surface area (Å²) in [7, 11) is 0. The number of hydrogen-bond donors (Lipinski definition) is 0. The molecule has 1 fully saturated rings. The fraction of sp³-hybridized carbons (Fsp3) is 0.417. The molecule has 0 aliphatic heterocycles. The maximum absolute atomic E-state index is 11.8. The second kappa shape index (κ2) is 3.77. The first-order valence-corrected chi connectivity index (χ1v) is 6.13. The van der Waals surface area contributed by atoms with Crippen molar-refractivity contribution >= 4 is 17.5 Å². The number of Topliss-reactive ketones (excluding diaryl/α,β-unsaturated/α-hetero) is 1. The lowest BCUT2D eigenvalue weighted by molar-refractivity contribution is 0.0967. The van der Waals surface area contributed by atoms with Gasteiger partial charge in [0.15, 0.2) is 5.78 Å². The van der Waals surface area contributed by atoms with Crippen LogP contribution < -0.4 is 0 Å². The monoisotopic (exact) mass is 206 g/mol. The van der Waals surface area contributed by atoms with Crippen LogP contribution in [0.2, 0.25) is 0 Å². The number of ketones is 1. The predicted molar refractivity (Wildman–Crippen MR) is 60.0 cm³/mol. The van der Waals surface area contributed by atoms with Crippen LogP contribution in [-0.4, -0.2) is 12.0 Å². The summed E-state index contributed by atoms with van der Waals surface area (Å²) in [5, 5.41) is 0. The second-order valence-electron chi connectivity index (χ2n) is 3.88. The topological polar surface area (TPSA) is 17.1 Å². The van der Waals surface area contributed by atoms with Gasteiger partial charge in [0, 0.05) is 16.4 Å². The van der Waals surface area contributed by atoms with Crippen LogP contribution in [0.5, 0.6) is 0 Å². The smallest absolute Gasteiger partial charge is 0.165 e. The summed E-state index contributed by atoms with van der Waals surface area (Å²) in [5.74, 6) is 0.663. The SMILES string of the molecule is CSc1cc(C)cc(C(=O)C2CC2)c1. The van der Waals surface area contributed by atoms with Crippen molar-refractivity contribution < 1.29 is 4.79 Å². The van der Waals surface area contributed by atoms with Crippen LogP contribution in [0.1, 0.15) is 28.8 Å². The van der Waals surface area contributed by atoms with E-state index in [-0.39, 0.29) is 0 Å². The molecular formula is C12H14OS. The van der Waals surface area contributed by atoms with Gasteiger partial charge in [-0.25, -0.2) is 0 Å². The molecule has 0 heterocycles. The van der Waals surface area contributed by atoms with E-state index in [2.05, 4.69) is 6.07 Å². The average molecular weight is 206 g/mol. The zero-order valence-electron chi connectivity index (χ0n) is 8.54. The van der Waals surface area contributed by atoms with Gasteiger partial charge in [-0.3, -0.25) is 4.79 Å². The summed E-state index contributed by atoms with van der Waals surface area (Å²) in [5.41, 5.74) is 2.08. The Balaban J connectivity index is 2.31. The second-order valence-corrected chi connectivity index (χ2v) is 4.76. The van der Waals surface area contributed by atoms with Gasteiger partial charge in [-0.15, -0.1) is 11.8 Å². The van der Waals surface area contributed by atoms with Gasteiger partial charge in [-0.05, 0) is 49.8 Å². The van der Waals surface area contributed by atoms with E-state index in [1.54, 1.807) is 11.8 Å². The predicted octanol–water partition coefficient (Wildman–Crippen LogP) is 3.31. The molecule has 1 aliphatic carbocycles. The minimum Gasteiger partial charge on any atom is -0.294 e. The Morgan fingerprint density at radius 3 is 2.64 bits per heavy atom. The van der Waals surface area contributed by atoms with Gasteiger partial charge in [0.05, 0.1) is 0 Å². The van der Waals surface area contributed by atoms with E-state index < -0.39 is 0 Å². The first-order chi connectivity index (χ1) is 6.70. The molecule has 74 valence electrons. The third-order valence-electron chi connectivity index (χ3n) is 2.52. The number of hydrogen-bond acceptors (Lipinski definition) is 2.